The van der Waals surface area contributed by atoms with Crippen LogP contribution in [0, 0.1) is 12.7 Å². The van der Waals surface area contributed by atoms with Crippen molar-refractivity contribution in [2.75, 3.05) is 10.6 Å². The number of carbonyl (C=O) groups is 1. The predicted octanol–water partition coefficient (Wildman–Crippen LogP) is 4.38. The molecule has 0 saturated heterocycles. The van der Waals surface area contributed by atoms with Crippen molar-refractivity contribution in [2.45, 2.75) is 13.8 Å². The van der Waals surface area contributed by atoms with Crippen molar-refractivity contribution in [3.05, 3.63) is 60.0 Å². The zero-order chi connectivity index (χ0) is 16.4. The number of aromatic nitrogens is 1. The Morgan fingerprint density at radius 1 is 1.04 bits per heavy atom. The number of rotatable bonds is 3. The molecule has 0 atom stereocenters. The Morgan fingerprint density at radius 2 is 1.74 bits per heavy atom. The van der Waals surface area contributed by atoms with E-state index in [9.17, 15) is 9.18 Å². The third kappa shape index (κ3) is 3.45. The lowest BCUT2D eigenvalue weighted by atomic mass is 10.1. The molecule has 1 amide bonds. The summed E-state index contributed by atoms with van der Waals surface area (Å²) in [4.78, 5) is 15.4. The van der Waals surface area contributed by atoms with Crippen molar-refractivity contribution in [3.8, 4) is 0 Å². The van der Waals surface area contributed by atoms with E-state index in [0.29, 0.717) is 0 Å². The van der Waals surface area contributed by atoms with Crippen LogP contribution in [0.3, 0.4) is 0 Å². The minimum atomic E-state index is -0.299. The molecular weight excluding hydrogens is 293 g/mol. The third-order valence-corrected chi connectivity index (χ3v) is 3.38. The van der Waals surface area contributed by atoms with Crippen LogP contribution in [0.1, 0.15) is 12.6 Å². The van der Waals surface area contributed by atoms with E-state index in [4.69, 9.17) is 0 Å². The smallest absolute Gasteiger partial charge is 0.221 e. The largest absolute Gasteiger partial charge is 0.355 e. The predicted molar refractivity (Wildman–Crippen MR) is 90.5 cm³/mol. The number of hydrogen-bond acceptors (Lipinski definition) is 3. The van der Waals surface area contributed by atoms with Crippen LogP contribution in [0.25, 0.3) is 10.9 Å². The van der Waals surface area contributed by atoms with Crippen molar-refractivity contribution in [2.24, 2.45) is 0 Å². The van der Waals surface area contributed by atoms with Crippen LogP contribution in [-0.4, -0.2) is 10.9 Å². The highest BCUT2D eigenvalue weighted by atomic mass is 19.1. The van der Waals surface area contributed by atoms with Gasteiger partial charge in [0.05, 0.1) is 5.52 Å². The number of nitrogens with zero attached hydrogens (tertiary/aromatic N) is 1. The molecular formula is C18H16FN3O. The van der Waals surface area contributed by atoms with Gasteiger partial charge in [0.2, 0.25) is 5.91 Å². The van der Waals surface area contributed by atoms with Gasteiger partial charge in [-0.1, -0.05) is 0 Å². The van der Waals surface area contributed by atoms with Gasteiger partial charge in [0.15, 0.2) is 0 Å². The molecule has 0 spiro atoms. The maximum atomic E-state index is 13.5. The fraction of sp³-hybridized carbons (Fsp3) is 0.111. The molecule has 2 N–H and O–H groups in total. The third-order valence-electron chi connectivity index (χ3n) is 3.38. The van der Waals surface area contributed by atoms with Gasteiger partial charge in [-0.05, 0) is 55.5 Å². The van der Waals surface area contributed by atoms with Crippen molar-refractivity contribution in [3.63, 3.8) is 0 Å². The van der Waals surface area contributed by atoms with Gasteiger partial charge in [0, 0.05) is 35.1 Å². The van der Waals surface area contributed by atoms with E-state index in [1.807, 2.05) is 25.1 Å². The number of amides is 1. The Balaban J connectivity index is 1.94. The topological polar surface area (TPSA) is 54.0 Å². The summed E-state index contributed by atoms with van der Waals surface area (Å²) in [5.74, 6) is -0.413. The van der Waals surface area contributed by atoms with E-state index in [1.165, 1.54) is 19.1 Å². The van der Waals surface area contributed by atoms with E-state index >= 15 is 0 Å². The molecule has 1 heterocycles. The average Bonchev–Trinajstić information content (AvgIpc) is 2.49. The maximum absolute atomic E-state index is 13.5. The summed E-state index contributed by atoms with van der Waals surface area (Å²) in [6.07, 6.45) is 0. The van der Waals surface area contributed by atoms with Gasteiger partial charge in [-0.25, -0.2) is 4.39 Å². The molecule has 5 heteroatoms. The minimum Gasteiger partial charge on any atom is -0.355 e. The van der Waals surface area contributed by atoms with Gasteiger partial charge in [0.25, 0.3) is 0 Å². The Morgan fingerprint density at radius 3 is 2.43 bits per heavy atom. The second-order valence-corrected chi connectivity index (χ2v) is 5.36. The number of halogens is 1. The van der Waals surface area contributed by atoms with Gasteiger partial charge < -0.3 is 10.6 Å². The number of anilines is 3. The van der Waals surface area contributed by atoms with Crippen LogP contribution in [0.15, 0.2) is 48.5 Å². The number of hydrogen-bond donors (Lipinski definition) is 2. The number of benzene rings is 2. The van der Waals surface area contributed by atoms with E-state index < -0.39 is 0 Å². The maximum Gasteiger partial charge on any atom is 0.221 e. The highest BCUT2D eigenvalue weighted by Gasteiger charge is 2.06. The van der Waals surface area contributed by atoms with Gasteiger partial charge in [0.1, 0.15) is 5.82 Å². The molecule has 3 aromatic rings. The molecule has 1 aromatic heterocycles. The summed E-state index contributed by atoms with van der Waals surface area (Å²) in [7, 11) is 0. The summed E-state index contributed by atoms with van der Waals surface area (Å²) >= 11 is 0. The van der Waals surface area contributed by atoms with Crippen molar-refractivity contribution >= 4 is 33.9 Å². The molecule has 0 bridgehead atoms. The standard InChI is InChI=1S/C18H16FN3O/c1-11-9-18(16-10-13(19)3-8-17(16)20-11)22-15-6-4-14(5-7-15)21-12(2)23/h3-10H,1-2H3,(H,20,22)(H,21,23). The molecule has 0 fully saturated rings. The first-order valence-corrected chi connectivity index (χ1v) is 7.23. The molecule has 0 radical (unpaired) electrons. The molecule has 116 valence electrons. The van der Waals surface area contributed by atoms with Crippen molar-refractivity contribution < 1.29 is 9.18 Å². The molecule has 23 heavy (non-hydrogen) atoms. The second kappa shape index (κ2) is 6.04. The Kier molecular flexibility index (Phi) is 3.93. The summed E-state index contributed by atoms with van der Waals surface area (Å²) in [5.41, 5.74) is 3.95. The van der Waals surface area contributed by atoms with E-state index in [0.717, 1.165) is 33.7 Å². The zero-order valence-electron chi connectivity index (χ0n) is 12.9. The number of aryl methyl sites for hydroxylation is 1. The van der Waals surface area contributed by atoms with Crippen LogP contribution in [0.5, 0.6) is 0 Å². The normalized spacial score (nSPS) is 10.6. The first-order chi connectivity index (χ1) is 11.0. The molecule has 3 rings (SSSR count). The zero-order valence-corrected chi connectivity index (χ0v) is 12.9. The van der Waals surface area contributed by atoms with Crippen LogP contribution < -0.4 is 10.6 Å². The van der Waals surface area contributed by atoms with Gasteiger partial charge >= 0.3 is 0 Å². The number of pyridine rings is 1. The minimum absolute atomic E-state index is 0.114. The highest BCUT2D eigenvalue weighted by Crippen LogP contribution is 2.27. The lowest BCUT2D eigenvalue weighted by Crippen LogP contribution is -2.05. The summed E-state index contributed by atoms with van der Waals surface area (Å²) in [6.45, 7) is 3.36. The first-order valence-electron chi connectivity index (χ1n) is 7.23. The molecule has 0 aliphatic carbocycles. The summed E-state index contributed by atoms with van der Waals surface area (Å²) in [6, 6.07) is 13.7. The van der Waals surface area contributed by atoms with Gasteiger partial charge in [-0.15, -0.1) is 0 Å². The molecule has 0 saturated carbocycles. The molecule has 0 unspecified atom stereocenters. The highest BCUT2D eigenvalue weighted by molar-refractivity contribution is 5.93. The van der Waals surface area contributed by atoms with Gasteiger partial charge in [-0.2, -0.15) is 0 Å². The quantitative estimate of drug-likeness (QED) is 0.754. The summed E-state index contributed by atoms with van der Waals surface area (Å²) in [5, 5.41) is 6.72. The Hall–Kier alpha value is -2.95. The molecule has 0 aliphatic heterocycles. The average molecular weight is 309 g/mol. The van der Waals surface area contributed by atoms with Crippen LogP contribution in [-0.2, 0) is 4.79 Å². The summed E-state index contributed by atoms with van der Waals surface area (Å²) < 4.78 is 13.5. The number of carbonyl (C=O) groups excluding carboxylic acids is 1. The lowest BCUT2D eigenvalue weighted by molar-refractivity contribution is -0.114. The van der Waals surface area contributed by atoms with Crippen molar-refractivity contribution in [1.29, 1.82) is 0 Å². The molecule has 4 nitrogen and oxygen atoms in total. The second-order valence-electron chi connectivity index (χ2n) is 5.36. The van der Waals surface area contributed by atoms with Crippen LogP contribution in [0.2, 0.25) is 0 Å². The molecule has 2 aromatic carbocycles. The Labute approximate surface area is 133 Å². The van der Waals surface area contributed by atoms with Crippen molar-refractivity contribution in [1.82, 2.24) is 4.98 Å². The van der Waals surface area contributed by atoms with E-state index in [-0.39, 0.29) is 11.7 Å². The Bertz CT molecular complexity index is 875. The van der Waals surface area contributed by atoms with E-state index in [2.05, 4.69) is 15.6 Å². The van der Waals surface area contributed by atoms with Crippen LogP contribution in [0.4, 0.5) is 21.5 Å². The SMILES string of the molecule is CC(=O)Nc1ccc(Nc2cc(C)nc3ccc(F)cc23)cc1. The van der Waals surface area contributed by atoms with E-state index in [1.54, 1.807) is 18.2 Å². The lowest BCUT2D eigenvalue weighted by Gasteiger charge is -2.11. The number of fused-ring (bicyclic) bond motifs is 1. The fourth-order valence-electron chi connectivity index (χ4n) is 2.43. The molecule has 0 aliphatic rings. The number of nitrogens with one attached hydrogen (secondary N) is 2. The van der Waals surface area contributed by atoms with Crippen LogP contribution >= 0.6 is 0 Å². The first kappa shape index (κ1) is 15.0. The monoisotopic (exact) mass is 309 g/mol. The van der Waals surface area contributed by atoms with Gasteiger partial charge in [-0.3, -0.25) is 9.78 Å². The fourth-order valence-corrected chi connectivity index (χ4v) is 2.43.